The van der Waals surface area contributed by atoms with Crippen molar-refractivity contribution in [1.29, 1.82) is 0 Å². The van der Waals surface area contributed by atoms with Crippen molar-refractivity contribution in [3.63, 3.8) is 0 Å². The third-order valence-corrected chi connectivity index (χ3v) is 4.02. The van der Waals surface area contributed by atoms with Crippen molar-refractivity contribution in [2.45, 2.75) is 6.92 Å². The molecule has 0 radical (unpaired) electrons. The summed E-state index contributed by atoms with van der Waals surface area (Å²) in [5.74, 6) is 1.28. The number of anilines is 4. The molecule has 4 N–H and O–H groups in total. The van der Waals surface area contributed by atoms with Crippen LogP contribution in [-0.4, -0.2) is 34.3 Å². The fourth-order valence-electron chi connectivity index (χ4n) is 2.28. The first-order valence-electron chi connectivity index (χ1n) is 8.77. The maximum absolute atomic E-state index is 13.1. The summed E-state index contributed by atoms with van der Waals surface area (Å²) in [4.78, 5) is 16.1. The molecule has 0 aliphatic carbocycles. The van der Waals surface area contributed by atoms with Gasteiger partial charge in [-0.25, -0.2) is 14.2 Å². The molecule has 10 heteroatoms. The second-order valence-electron chi connectivity index (χ2n) is 6.09. The van der Waals surface area contributed by atoms with Crippen LogP contribution in [0.4, 0.5) is 32.3 Å². The van der Waals surface area contributed by atoms with Crippen molar-refractivity contribution in [2.24, 2.45) is 0 Å². The second kappa shape index (κ2) is 9.65. The number of carbonyl (C=O) groups is 1. The average molecular weight is 416 g/mol. The average Bonchev–Trinajstić information content (AvgIpc) is 2.71. The minimum absolute atomic E-state index is 0.0564. The highest BCUT2D eigenvalue weighted by molar-refractivity contribution is 6.31. The Kier molecular flexibility index (Phi) is 6.75. The molecular weight excluding hydrogens is 397 g/mol. The predicted octanol–water partition coefficient (Wildman–Crippen LogP) is 3.95. The minimum Gasteiger partial charge on any atom is -0.367 e. The number of benzene rings is 1. The molecule has 0 fully saturated rings. The zero-order chi connectivity index (χ0) is 20.6. The maximum atomic E-state index is 13.1. The van der Waals surface area contributed by atoms with Gasteiger partial charge in [0.1, 0.15) is 17.5 Å². The molecule has 8 nitrogen and oxygen atoms in total. The number of nitrogens with zero attached hydrogens (tertiary/aromatic N) is 3. The largest absolute Gasteiger partial charge is 0.367 e. The topological polar surface area (TPSA) is 104 Å². The number of carbonyl (C=O) groups excluding carboxylic acids is 1. The highest BCUT2D eigenvalue weighted by Gasteiger charge is 2.05. The van der Waals surface area contributed by atoms with Gasteiger partial charge < -0.3 is 21.3 Å². The molecule has 0 unspecified atom stereocenters. The van der Waals surface area contributed by atoms with E-state index in [4.69, 9.17) is 11.6 Å². The summed E-state index contributed by atoms with van der Waals surface area (Å²) in [5, 5.41) is 19.4. The van der Waals surface area contributed by atoms with Crippen LogP contribution in [0.5, 0.6) is 0 Å². The predicted molar refractivity (Wildman–Crippen MR) is 111 cm³/mol. The first kappa shape index (κ1) is 20.3. The Morgan fingerprint density at radius 3 is 2.48 bits per heavy atom. The Balaban J connectivity index is 1.39. The van der Waals surface area contributed by atoms with E-state index >= 15 is 0 Å². The Bertz CT molecular complexity index is 967. The standard InChI is InChI=1S/C19H19ClFN7O/c1-12-2-5-16(24-11-12)26-18-7-6-17(27-28-18)22-8-9-23-19(29)25-13-3-4-15(21)14(20)10-13/h2-7,10-11H,8-9H2,1H3,(H,22,27)(H2,23,25,29)(H,24,26,28). The zero-order valence-electron chi connectivity index (χ0n) is 15.5. The van der Waals surface area contributed by atoms with Crippen LogP contribution in [0.2, 0.25) is 5.02 Å². The first-order valence-corrected chi connectivity index (χ1v) is 9.14. The summed E-state index contributed by atoms with van der Waals surface area (Å²) < 4.78 is 13.1. The van der Waals surface area contributed by atoms with Gasteiger partial charge in [-0.15, -0.1) is 10.2 Å². The Morgan fingerprint density at radius 2 is 1.79 bits per heavy atom. The van der Waals surface area contributed by atoms with Crippen molar-refractivity contribution < 1.29 is 9.18 Å². The van der Waals surface area contributed by atoms with Crippen molar-refractivity contribution in [1.82, 2.24) is 20.5 Å². The summed E-state index contributed by atoms with van der Waals surface area (Å²) in [5.41, 5.74) is 1.48. The SMILES string of the molecule is Cc1ccc(Nc2ccc(NCCNC(=O)Nc3ccc(F)c(Cl)c3)nn2)nc1. The van der Waals surface area contributed by atoms with Crippen LogP contribution in [-0.2, 0) is 0 Å². The van der Waals surface area contributed by atoms with Crippen LogP contribution in [0.1, 0.15) is 5.56 Å². The molecule has 1 aromatic carbocycles. The molecule has 150 valence electrons. The van der Waals surface area contributed by atoms with E-state index in [1.54, 1.807) is 18.3 Å². The van der Waals surface area contributed by atoms with Gasteiger partial charge in [-0.2, -0.15) is 0 Å². The third-order valence-electron chi connectivity index (χ3n) is 3.73. The molecule has 2 amide bonds. The van der Waals surface area contributed by atoms with E-state index in [0.29, 0.717) is 36.2 Å². The molecule has 0 saturated carbocycles. The van der Waals surface area contributed by atoms with Gasteiger partial charge >= 0.3 is 6.03 Å². The lowest BCUT2D eigenvalue weighted by Crippen LogP contribution is -2.32. The number of nitrogens with one attached hydrogen (secondary N) is 4. The van der Waals surface area contributed by atoms with E-state index in [2.05, 4.69) is 36.4 Å². The number of halogens is 2. The number of rotatable bonds is 7. The molecule has 2 heterocycles. The van der Waals surface area contributed by atoms with E-state index in [0.717, 1.165) is 5.56 Å². The van der Waals surface area contributed by atoms with Gasteiger partial charge in [0, 0.05) is 25.0 Å². The molecule has 3 aromatic rings. The van der Waals surface area contributed by atoms with Crippen LogP contribution in [0, 0.1) is 12.7 Å². The Hall–Kier alpha value is -3.46. The Morgan fingerprint density at radius 1 is 1.03 bits per heavy atom. The quantitative estimate of drug-likeness (QED) is 0.435. The number of hydrogen-bond acceptors (Lipinski definition) is 6. The van der Waals surface area contributed by atoms with Crippen molar-refractivity contribution in [3.8, 4) is 0 Å². The number of amides is 2. The molecule has 0 aliphatic rings. The van der Waals surface area contributed by atoms with Crippen LogP contribution < -0.4 is 21.3 Å². The summed E-state index contributed by atoms with van der Waals surface area (Å²) in [6.45, 7) is 2.75. The molecule has 0 aliphatic heterocycles. The van der Waals surface area contributed by atoms with Gasteiger partial charge in [0.05, 0.1) is 5.02 Å². The van der Waals surface area contributed by atoms with Gasteiger partial charge in [-0.05, 0) is 48.9 Å². The molecular formula is C19H19ClFN7O. The molecule has 0 spiro atoms. The highest BCUT2D eigenvalue weighted by Crippen LogP contribution is 2.19. The van der Waals surface area contributed by atoms with E-state index in [9.17, 15) is 9.18 Å². The van der Waals surface area contributed by atoms with Crippen LogP contribution >= 0.6 is 11.6 Å². The van der Waals surface area contributed by atoms with Gasteiger partial charge in [-0.1, -0.05) is 17.7 Å². The maximum Gasteiger partial charge on any atom is 0.319 e. The lowest BCUT2D eigenvalue weighted by Gasteiger charge is -2.09. The number of pyridine rings is 1. The molecule has 2 aromatic heterocycles. The van der Waals surface area contributed by atoms with E-state index in [1.807, 2.05) is 19.1 Å². The van der Waals surface area contributed by atoms with Gasteiger partial charge in [0.2, 0.25) is 0 Å². The normalized spacial score (nSPS) is 10.3. The smallest absolute Gasteiger partial charge is 0.319 e. The first-order chi connectivity index (χ1) is 14.0. The van der Waals surface area contributed by atoms with Crippen molar-refractivity contribution in [2.75, 3.05) is 29.0 Å². The summed E-state index contributed by atoms with van der Waals surface area (Å²) in [6.07, 6.45) is 1.76. The fourth-order valence-corrected chi connectivity index (χ4v) is 2.46. The zero-order valence-corrected chi connectivity index (χ0v) is 16.3. The number of hydrogen-bond donors (Lipinski definition) is 4. The third kappa shape index (κ3) is 6.28. The summed E-state index contributed by atoms with van der Waals surface area (Å²) in [6, 6.07) is 10.9. The number of urea groups is 1. The number of aryl methyl sites for hydroxylation is 1. The van der Waals surface area contributed by atoms with Crippen LogP contribution in [0.3, 0.4) is 0 Å². The summed E-state index contributed by atoms with van der Waals surface area (Å²) >= 11 is 5.68. The van der Waals surface area contributed by atoms with E-state index in [-0.39, 0.29) is 5.02 Å². The highest BCUT2D eigenvalue weighted by atomic mass is 35.5. The molecule has 0 saturated heterocycles. The monoisotopic (exact) mass is 415 g/mol. The van der Waals surface area contributed by atoms with Crippen molar-refractivity contribution >= 4 is 40.8 Å². The lowest BCUT2D eigenvalue weighted by molar-refractivity contribution is 0.252. The van der Waals surface area contributed by atoms with E-state index in [1.165, 1.54) is 18.2 Å². The van der Waals surface area contributed by atoms with Crippen molar-refractivity contribution in [3.05, 3.63) is 65.1 Å². The number of aromatic nitrogens is 3. The molecule has 29 heavy (non-hydrogen) atoms. The van der Waals surface area contributed by atoms with Gasteiger partial charge in [0.25, 0.3) is 0 Å². The molecule has 0 atom stereocenters. The van der Waals surface area contributed by atoms with Crippen LogP contribution in [0.15, 0.2) is 48.7 Å². The Labute approximate surface area is 171 Å². The van der Waals surface area contributed by atoms with Crippen LogP contribution in [0.25, 0.3) is 0 Å². The minimum atomic E-state index is -0.542. The summed E-state index contributed by atoms with van der Waals surface area (Å²) in [7, 11) is 0. The molecule has 3 rings (SSSR count). The lowest BCUT2D eigenvalue weighted by atomic mass is 10.3. The van der Waals surface area contributed by atoms with Gasteiger partial charge in [0.15, 0.2) is 5.82 Å². The van der Waals surface area contributed by atoms with Gasteiger partial charge in [-0.3, -0.25) is 0 Å². The second-order valence-corrected chi connectivity index (χ2v) is 6.49. The molecule has 0 bridgehead atoms. The van der Waals surface area contributed by atoms with E-state index < -0.39 is 11.8 Å². The fraction of sp³-hybridized carbons (Fsp3) is 0.158.